The van der Waals surface area contributed by atoms with E-state index in [2.05, 4.69) is 32.2 Å². The monoisotopic (exact) mass is 289 g/mol. The molecule has 3 rings (SSSR count). The lowest BCUT2D eigenvalue weighted by atomic mass is 9.92. The summed E-state index contributed by atoms with van der Waals surface area (Å²) in [5.41, 5.74) is 1.33. The predicted octanol–water partition coefficient (Wildman–Crippen LogP) is 2.51. The van der Waals surface area contributed by atoms with Gasteiger partial charge in [0.1, 0.15) is 0 Å². The average Bonchev–Trinajstić information content (AvgIpc) is 3.17. The van der Waals surface area contributed by atoms with Crippen LogP contribution in [0.15, 0.2) is 16.9 Å². The van der Waals surface area contributed by atoms with Crippen LogP contribution in [0.4, 0.5) is 0 Å². The first-order chi connectivity index (χ1) is 10.3. The van der Waals surface area contributed by atoms with Gasteiger partial charge in [0.15, 0.2) is 5.82 Å². The fourth-order valence-corrected chi connectivity index (χ4v) is 2.89. The number of unbranched alkanes of at least 4 members (excludes halogenated alkanes) is 1. The summed E-state index contributed by atoms with van der Waals surface area (Å²) in [5.74, 6) is 2.23. The van der Waals surface area contributed by atoms with Crippen LogP contribution in [0.1, 0.15) is 55.8 Å². The lowest BCUT2D eigenvalue weighted by Crippen LogP contribution is -2.32. The second-order valence-electron chi connectivity index (χ2n) is 5.79. The summed E-state index contributed by atoms with van der Waals surface area (Å²) in [6.45, 7) is 5.09. The summed E-state index contributed by atoms with van der Waals surface area (Å²) in [6.07, 6.45) is 9.48. The van der Waals surface area contributed by atoms with E-state index in [0.29, 0.717) is 5.92 Å². The van der Waals surface area contributed by atoms with E-state index >= 15 is 0 Å². The number of likely N-dealkylation sites (tertiary alicyclic amines) is 1. The number of aromatic amines is 1. The maximum absolute atomic E-state index is 5.35. The fourth-order valence-electron chi connectivity index (χ4n) is 2.89. The number of hydrogen-bond donors (Lipinski definition) is 1. The van der Waals surface area contributed by atoms with Crippen molar-refractivity contribution in [1.82, 2.24) is 25.2 Å². The molecule has 0 amide bonds. The molecule has 0 spiro atoms. The molecule has 3 heterocycles. The van der Waals surface area contributed by atoms with Crippen LogP contribution in [0.5, 0.6) is 0 Å². The van der Waals surface area contributed by atoms with Gasteiger partial charge in [-0.2, -0.15) is 10.1 Å². The molecule has 1 aliphatic rings. The molecule has 0 saturated carbocycles. The Balaban J connectivity index is 1.47. The second-order valence-corrected chi connectivity index (χ2v) is 5.79. The Morgan fingerprint density at radius 3 is 2.95 bits per heavy atom. The highest BCUT2D eigenvalue weighted by Crippen LogP contribution is 2.27. The van der Waals surface area contributed by atoms with Gasteiger partial charge in [0.05, 0.1) is 12.7 Å². The minimum absolute atomic E-state index is 0.628. The van der Waals surface area contributed by atoms with Crippen molar-refractivity contribution in [3.8, 4) is 0 Å². The molecule has 0 unspecified atom stereocenters. The Morgan fingerprint density at radius 1 is 1.38 bits per heavy atom. The topological polar surface area (TPSA) is 70.8 Å². The van der Waals surface area contributed by atoms with E-state index < -0.39 is 0 Å². The number of H-pyrrole nitrogens is 1. The van der Waals surface area contributed by atoms with E-state index in [1.54, 1.807) is 0 Å². The van der Waals surface area contributed by atoms with E-state index in [-0.39, 0.29) is 0 Å². The van der Waals surface area contributed by atoms with Crippen molar-refractivity contribution in [2.24, 2.45) is 0 Å². The highest BCUT2D eigenvalue weighted by atomic mass is 16.5. The summed E-state index contributed by atoms with van der Waals surface area (Å²) < 4.78 is 5.35. The van der Waals surface area contributed by atoms with Crippen LogP contribution in [-0.4, -0.2) is 38.3 Å². The lowest BCUT2D eigenvalue weighted by molar-refractivity contribution is 0.181. The molecule has 1 saturated heterocycles. The normalized spacial score (nSPS) is 17.4. The third-order valence-corrected chi connectivity index (χ3v) is 4.20. The molecule has 0 bridgehead atoms. The maximum atomic E-state index is 5.35. The zero-order valence-electron chi connectivity index (χ0n) is 12.6. The predicted molar refractivity (Wildman–Crippen MR) is 78.7 cm³/mol. The molecule has 1 aliphatic heterocycles. The quantitative estimate of drug-likeness (QED) is 0.884. The molecule has 0 aromatic carbocycles. The van der Waals surface area contributed by atoms with Crippen molar-refractivity contribution < 1.29 is 4.52 Å². The zero-order chi connectivity index (χ0) is 14.5. The van der Waals surface area contributed by atoms with Crippen molar-refractivity contribution in [1.29, 1.82) is 0 Å². The van der Waals surface area contributed by atoms with E-state index in [0.717, 1.165) is 63.5 Å². The van der Waals surface area contributed by atoms with E-state index in [1.807, 2.05) is 12.4 Å². The third kappa shape index (κ3) is 3.69. The number of nitrogens with zero attached hydrogens (tertiary/aromatic N) is 4. The van der Waals surface area contributed by atoms with Crippen molar-refractivity contribution in [3.63, 3.8) is 0 Å². The number of nitrogens with one attached hydrogen (secondary N) is 1. The van der Waals surface area contributed by atoms with Crippen LogP contribution in [0, 0.1) is 0 Å². The van der Waals surface area contributed by atoms with Gasteiger partial charge in [-0.1, -0.05) is 18.5 Å². The molecule has 6 nitrogen and oxygen atoms in total. The van der Waals surface area contributed by atoms with E-state index in [9.17, 15) is 0 Å². The van der Waals surface area contributed by atoms with Gasteiger partial charge in [-0.3, -0.25) is 10.00 Å². The molecular formula is C15H23N5O. The van der Waals surface area contributed by atoms with Crippen molar-refractivity contribution in [2.45, 2.75) is 51.5 Å². The summed E-state index contributed by atoms with van der Waals surface area (Å²) in [4.78, 5) is 6.87. The number of rotatable bonds is 6. The van der Waals surface area contributed by atoms with Gasteiger partial charge in [-0.05, 0) is 43.8 Å². The minimum Gasteiger partial charge on any atom is -0.338 e. The molecule has 114 valence electrons. The molecule has 1 N–H and O–H groups in total. The van der Waals surface area contributed by atoms with Crippen LogP contribution >= 0.6 is 0 Å². The zero-order valence-corrected chi connectivity index (χ0v) is 12.6. The first-order valence-electron chi connectivity index (χ1n) is 7.87. The number of aryl methyl sites for hydroxylation is 1. The molecule has 1 fully saturated rings. The van der Waals surface area contributed by atoms with Crippen LogP contribution in [0.2, 0.25) is 0 Å². The highest BCUT2D eigenvalue weighted by molar-refractivity contribution is 5.11. The van der Waals surface area contributed by atoms with Crippen molar-refractivity contribution in [3.05, 3.63) is 29.7 Å². The lowest BCUT2D eigenvalue weighted by Gasteiger charge is -2.30. The molecule has 21 heavy (non-hydrogen) atoms. The Labute approximate surface area is 124 Å². The number of aromatic nitrogens is 4. The fraction of sp³-hybridized carbons (Fsp3) is 0.667. The van der Waals surface area contributed by atoms with Gasteiger partial charge in [0, 0.05) is 12.6 Å². The van der Waals surface area contributed by atoms with Crippen molar-refractivity contribution in [2.75, 3.05) is 13.1 Å². The third-order valence-electron chi connectivity index (χ3n) is 4.20. The van der Waals surface area contributed by atoms with Crippen LogP contribution in [-0.2, 0) is 13.0 Å². The van der Waals surface area contributed by atoms with Gasteiger partial charge in [0.25, 0.3) is 0 Å². The second kappa shape index (κ2) is 6.85. The van der Waals surface area contributed by atoms with Crippen LogP contribution in [0.3, 0.4) is 0 Å². The molecule has 0 aliphatic carbocycles. The summed E-state index contributed by atoms with van der Waals surface area (Å²) in [5, 5.41) is 11.0. The molecular weight excluding hydrogens is 266 g/mol. The van der Waals surface area contributed by atoms with Crippen molar-refractivity contribution >= 4 is 0 Å². The number of hydrogen-bond acceptors (Lipinski definition) is 5. The summed E-state index contributed by atoms with van der Waals surface area (Å²) in [6, 6.07) is 0. The molecule has 6 heteroatoms. The summed E-state index contributed by atoms with van der Waals surface area (Å²) >= 11 is 0. The molecule has 2 aromatic rings. The molecule has 0 radical (unpaired) electrons. The Morgan fingerprint density at radius 2 is 2.24 bits per heavy atom. The average molecular weight is 289 g/mol. The Bertz CT molecular complexity index is 528. The number of piperidine rings is 1. The van der Waals surface area contributed by atoms with Gasteiger partial charge >= 0.3 is 0 Å². The Kier molecular flexibility index (Phi) is 4.65. The Hall–Kier alpha value is -1.69. The van der Waals surface area contributed by atoms with E-state index in [4.69, 9.17) is 4.52 Å². The first kappa shape index (κ1) is 14.3. The highest BCUT2D eigenvalue weighted by Gasteiger charge is 2.22. The first-order valence-corrected chi connectivity index (χ1v) is 7.87. The van der Waals surface area contributed by atoms with Crippen LogP contribution < -0.4 is 0 Å². The molecule has 2 aromatic heterocycles. The maximum Gasteiger partial charge on any atom is 0.240 e. The van der Waals surface area contributed by atoms with Gasteiger partial charge in [0.2, 0.25) is 5.89 Å². The SMILES string of the molecule is CCCCc1noc(CN2CCC(c3cn[nH]c3)CC2)n1. The minimum atomic E-state index is 0.628. The van der Waals surface area contributed by atoms with Gasteiger partial charge in [-0.25, -0.2) is 0 Å². The standard InChI is InChI=1S/C15H23N5O/c1-2-3-4-14-18-15(21-19-14)11-20-7-5-12(6-8-20)13-9-16-17-10-13/h9-10,12H,2-8,11H2,1H3,(H,16,17). The van der Waals surface area contributed by atoms with Gasteiger partial charge < -0.3 is 4.52 Å². The molecule has 0 atom stereocenters. The largest absolute Gasteiger partial charge is 0.338 e. The van der Waals surface area contributed by atoms with E-state index in [1.165, 1.54) is 5.56 Å². The summed E-state index contributed by atoms with van der Waals surface area (Å²) in [7, 11) is 0. The van der Waals surface area contributed by atoms with Gasteiger partial charge in [-0.15, -0.1) is 0 Å². The smallest absolute Gasteiger partial charge is 0.240 e. The van der Waals surface area contributed by atoms with Crippen LogP contribution in [0.25, 0.3) is 0 Å².